The van der Waals surface area contributed by atoms with Gasteiger partial charge >= 0.3 is 6.18 Å². The highest BCUT2D eigenvalue weighted by molar-refractivity contribution is 7.99. The molecular formula is C28H32ClF5N4O3S. The Morgan fingerprint density at radius 1 is 1.12 bits per heavy atom. The van der Waals surface area contributed by atoms with E-state index in [-0.39, 0.29) is 53.0 Å². The summed E-state index contributed by atoms with van der Waals surface area (Å²) in [6, 6.07) is 1.58. The van der Waals surface area contributed by atoms with E-state index in [4.69, 9.17) is 26.1 Å². The van der Waals surface area contributed by atoms with Gasteiger partial charge in [-0.3, -0.25) is 14.7 Å². The molecule has 3 atom stereocenters. The molecule has 2 heterocycles. The molecule has 2 aliphatic rings. The molecule has 2 aromatic rings. The maximum Gasteiger partial charge on any atom is 0.417 e. The highest BCUT2D eigenvalue weighted by atomic mass is 35.5. The third kappa shape index (κ3) is 6.85. The van der Waals surface area contributed by atoms with Crippen molar-refractivity contribution in [3.8, 4) is 11.1 Å². The number of amidine groups is 1. The number of alkyl halides is 3. The van der Waals surface area contributed by atoms with Crippen LogP contribution in [-0.4, -0.2) is 93.0 Å². The monoisotopic (exact) mass is 634 g/mol. The lowest BCUT2D eigenvalue weighted by Crippen LogP contribution is -2.57. The van der Waals surface area contributed by atoms with Gasteiger partial charge in [-0.05, 0) is 33.0 Å². The maximum atomic E-state index is 15.2. The van der Waals surface area contributed by atoms with E-state index in [2.05, 4.69) is 10.2 Å². The molecule has 0 aliphatic carbocycles. The van der Waals surface area contributed by atoms with E-state index in [9.17, 15) is 22.4 Å². The van der Waals surface area contributed by atoms with Crippen LogP contribution in [0.2, 0.25) is 5.02 Å². The summed E-state index contributed by atoms with van der Waals surface area (Å²) in [6.07, 6.45) is -4.59. The smallest absolute Gasteiger partial charge is 0.382 e. The summed E-state index contributed by atoms with van der Waals surface area (Å²) in [5, 5.41) is 2.02. The number of nitrogens with zero attached hydrogens (tertiary/aromatic N) is 3. The molecule has 2 aliphatic heterocycles. The Labute approximate surface area is 250 Å². The SMILES string of the molecule is COCCOCC1CSc2c(NC=O)c(cc(C(F)(F)F)c2-c2cc(Cl)c(F)cc2F)C(N2C[C@@H](C)N(C)CC2C)=N1. The standard InChI is InChI=1S/C28H32ClF5N4O3S/c1-15-11-38(16(2)10-37(15)3)27-19-7-20(28(32,33)34)24(18-8-21(29)23(31)9-22(18)30)26(25(19)35-14-39)42-13-17(36-27)12-41-6-5-40-4/h7-9,14-17H,5-6,10-13H2,1-4H3,(H,35,39)/t15-,16?,17?/m1/s1. The molecule has 1 amide bonds. The van der Waals surface area contributed by atoms with Gasteiger partial charge in [0.1, 0.15) is 17.5 Å². The average molecular weight is 635 g/mol. The van der Waals surface area contributed by atoms with E-state index in [1.807, 2.05) is 25.8 Å². The van der Waals surface area contributed by atoms with E-state index in [0.717, 1.165) is 23.9 Å². The fourth-order valence-corrected chi connectivity index (χ4v) is 6.49. The molecule has 14 heteroatoms. The fourth-order valence-electron chi connectivity index (χ4n) is 5.12. The largest absolute Gasteiger partial charge is 0.417 e. The van der Waals surface area contributed by atoms with Crippen LogP contribution >= 0.6 is 23.4 Å². The number of likely N-dealkylation sites (N-methyl/N-ethyl adjacent to an activating group) is 1. The van der Waals surface area contributed by atoms with Crippen molar-refractivity contribution in [1.82, 2.24) is 9.80 Å². The number of thioether (sulfide) groups is 1. The minimum atomic E-state index is -4.94. The molecule has 2 bridgehead atoms. The van der Waals surface area contributed by atoms with Crippen molar-refractivity contribution in [2.45, 2.75) is 43.0 Å². The summed E-state index contributed by atoms with van der Waals surface area (Å²) in [5.41, 5.74) is -2.14. The minimum absolute atomic E-state index is 0.0300. The number of halogens is 6. The van der Waals surface area contributed by atoms with Crippen molar-refractivity contribution in [2.24, 2.45) is 4.99 Å². The number of hydrogen-bond donors (Lipinski definition) is 1. The summed E-state index contributed by atoms with van der Waals surface area (Å²) < 4.78 is 84.4. The third-order valence-corrected chi connectivity index (χ3v) is 8.88. The van der Waals surface area contributed by atoms with Crippen molar-refractivity contribution < 1.29 is 36.2 Å². The number of nitrogens with one attached hydrogen (secondary N) is 1. The lowest BCUT2D eigenvalue weighted by atomic mass is 9.93. The number of methoxy groups -OCH3 is 1. The number of carbonyl (C=O) groups excluding carboxylic acids is 1. The first kappa shape index (κ1) is 32.5. The zero-order valence-electron chi connectivity index (χ0n) is 23.5. The highest BCUT2D eigenvalue weighted by Gasteiger charge is 2.41. The molecule has 0 aromatic heterocycles. The normalized spacial score (nSPS) is 21.5. The minimum Gasteiger partial charge on any atom is -0.382 e. The lowest BCUT2D eigenvalue weighted by Gasteiger charge is -2.45. The molecule has 0 spiro atoms. The van der Waals surface area contributed by atoms with Crippen LogP contribution in [0.25, 0.3) is 11.1 Å². The van der Waals surface area contributed by atoms with Gasteiger partial charge in [-0.1, -0.05) is 11.6 Å². The molecule has 230 valence electrons. The summed E-state index contributed by atoms with van der Waals surface area (Å²) in [7, 11) is 3.51. The zero-order valence-corrected chi connectivity index (χ0v) is 25.1. The Balaban J connectivity index is 2.01. The predicted octanol–water partition coefficient (Wildman–Crippen LogP) is 5.78. The summed E-state index contributed by atoms with van der Waals surface area (Å²) in [6.45, 7) is 5.82. The van der Waals surface area contributed by atoms with E-state index in [1.54, 1.807) is 0 Å². The highest BCUT2D eigenvalue weighted by Crippen LogP contribution is 2.49. The summed E-state index contributed by atoms with van der Waals surface area (Å²) in [4.78, 5) is 20.8. The Hall–Kier alpha value is -2.45. The van der Waals surface area contributed by atoms with Crippen molar-refractivity contribution in [3.05, 3.63) is 46.0 Å². The summed E-state index contributed by atoms with van der Waals surface area (Å²) in [5.74, 6) is -1.92. The number of piperazine rings is 1. The first-order valence-corrected chi connectivity index (χ1v) is 14.6. The number of amides is 1. The van der Waals surface area contributed by atoms with Crippen LogP contribution in [0, 0.1) is 11.6 Å². The second-order valence-corrected chi connectivity index (χ2v) is 11.8. The fraction of sp³-hybridized carbons (Fsp3) is 0.500. The van der Waals surface area contributed by atoms with E-state index in [0.29, 0.717) is 32.2 Å². The quantitative estimate of drug-likeness (QED) is 0.172. The third-order valence-electron chi connectivity index (χ3n) is 7.35. The van der Waals surface area contributed by atoms with E-state index < -0.39 is 45.6 Å². The number of anilines is 1. The number of carbonyl (C=O) groups is 1. The second-order valence-electron chi connectivity index (χ2n) is 10.3. The van der Waals surface area contributed by atoms with E-state index in [1.165, 1.54) is 7.11 Å². The van der Waals surface area contributed by atoms with Gasteiger partial charge in [0, 0.05) is 65.7 Å². The van der Waals surface area contributed by atoms with Crippen LogP contribution in [0.5, 0.6) is 0 Å². The van der Waals surface area contributed by atoms with Gasteiger partial charge in [0.15, 0.2) is 0 Å². The predicted molar refractivity (Wildman–Crippen MR) is 153 cm³/mol. The number of benzene rings is 2. The first-order chi connectivity index (χ1) is 19.9. The van der Waals surface area contributed by atoms with Gasteiger partial charge in [-0.15, -0.1) is 11.8 Å². The van der Waals surface area contributed by atoms with Gasteiger partial charge in [-0.25, -0.2) is 8.78 Å². The number of rotatable bonds is 8. The van der Waals surface area contributed by atoms with Gasteiger partial charge in [0.05, 0.1) is 42.1 Å². The van der Waals surface area contributed by atoms with Crippen LogP contribution < -0.4 is 5.32 Å². The number of ether oxygens (including phenoxy) is 2. The maximum absolute atomic E-state index is 15.2. The van der Waals surface area contributed by atoms with Crippen LogP contribution in [0.15, 0.2) is 28.1 Å². The number of hydrogen-bond acceptors (Lipinski definition) is 7. The van der Waals surface area contributed by atoms with Crippen molar-refractivity contribution in [2.75, 3.05) is 58.1 Å². The molecular weight excluding hydrogens is 603 g/mol. The molecule has 42 heavy (non-hydrogen) atoms. The molecule has 2 aromatic carbocycles. The van der Waals surface area contributed by atoms with Crippen molar-refractivity contribution in [1.29, 1.82) is 0 Å². The topological polar surface area (TPSA) is 66.4 Å². The van der Waals surface area contributed by atoms with E-state index >= 15 is 4.39 Å². The van der Waals surface area contributed by atoms with Gasteiger partial charge in [0.25, 0.3) is 0 Å². The molecule has 0 radical (unpaired) electrons. The van der Waals surface area contributed by atoms with Crippen LogP contribution in [0.3, 0.4) is 0 Å². The number of aliphatic imine (C=N–C) groups is 1. The molecule has 0 saturated carbocycles. The molecule has 1 fully saturated rings. The zero-order chi connectivity index (χ0) is 30.8. The van der Waals surface area contributed by atoms with Crippen LogP contribution in [0.1, 0.15) is 25.0 Å². The van der Waals surface area contributed by atoms with Crippen molar-refractivity contribution >= 4 is 41.3 Å². The molecule has 2 unspecified atom stereocenters. The average Bonchev–Trinajstić information content (AvgIpc) is 2.91. The molecule has 1 saturated heterocycles. The van der Waals surface area contributed by atoms with Crippen LogP contribution in [-0.2, 0) is 20.4 Å². The van der Waals surface area contributed by atoms with Gasteiger partial charge in [0.2, 0.25) is 6.41 Å². The molecule has 7 nitrogen and oxygen atoms in total. The van der Waals surface area contributed by atoms with Gasteiger partial charge in [-0.2, -0.15) is 13.2 Å². The Morgan fingerprint density at radius 3 is 2.52 bits per heavy atom. The molecule has 4 rings (SSSR count). The van der Waals surface area contributed by atoms with Crippen LogP contribution in [0.4, 0.5) is 27.6 Å². The lowest BCUT2D eigenvalue weighted by molar-refractivity contribution is -0.137. The molecule has 1 N–H and O–H groups in total. The Kier molecular flexibility index (Phi) is 10.4. The Morgan fingerprint density at radius 2 is 1.86 bits per heavy atom. The summed E-state index contributed by atoms with van der Waals surface area (Å²) >= 11 is 6.89. The number of fused-ring (bicyclic) bond motifs is 2. The van der Waals surface area contributed by atoms with Crippen molar-refractivity contribution in [3.63, 3.8) is 0 Å². The second kappa shape index (κ2) is 13.5. The van der Waals surface area contributed by atoms with Gasteiger partial charge < -0.3 is 19.7 Å². The first-order valence-electron chi connectivity index (χ1n) is 13.2. The Bertz CT molecular complexity index is 1350.